The van der Waals surface area contributed by atoms with Gasteiger partial charge < -0.3 is 15.0 Å². The zero-order valence-corrected chi connectivity index (χ0v) is 21.5. The van der Waals surface area contributed by atoms with E-state index < -0.39 is 23.4 Å². The first-order valence-corrected chi connectivity index (χ1v) is 13.0. The molecular formula is C33H26N2O4. The van der Waals surface area contributed by atoms with E-state index in [9.17, 15) is 14.4 Å². The van der Waals surface area contributed by atoms with Crippen molar-refractivity contribution in [3.05, 3.63) is 108 Å². The molecule has 6 nitrogen and oxygen atoms in total. The van der Waals surface area contributed by atoms with Crippen LogP contribution in [-0.2, 0) is 15.0 Å². The Balaban J connectivity index is 1.51. The number of para-hydroxylation sites is 1. The van der Waals surface area contributed by atoms with Crippen molar-refractivity contribution < 1.29 is 19.1 Å². The van der Waals surface area contributed by atoms with Crippen molar-refractivity contribution in [3.63, 3.8) is 0 Å². The van der Waals surface area contributed by atoms with Crippen molar-refractivity contribution in [2.24, 2.45) is 5.92 Å². The van der Waals surface area contributed by atoms with Gasteiger partial charge in [-0.2, -0.15) is 0 Å². The van der Waals surface area contributed by atoms with E-state index in [4.69, 9.17) is 4.74 Å². The summed E-state index contributed by atoms with van der Waals surface area (Å²) in [5.74, 6) is -0.978. The molecule has 1 N–H and O–H groups in total. The summed E-state index contributed by atoms with van der Waals surface area (Å²) in [7, 11) is 1.57. The number of ketones is 2. The van der Waals surface area contributed by atoms with Gasteiger partial charge in [-0.3, -0.25) is 14.4 Å². The predicted octanol–water partition coefficient (Wildman–Crippen LogP) is 5.41. The third-order valence-electron chi connectivity index (χ3n) is 8.61. The largest absolute Gasteiger partial charge is 0.497 e. The van der Waals surface area contributed by atoms with Gasteiger partial charge in [-0.05, 0) is 59.7 Å². The summed E-state index contributed by atoms with van der Waals surface area (Å²) in [6.45, 7) is 1.52. The molecule has 4 atom stereocenters. The number of amides is 1. The third-order valence-corrected chi connectivity index (χ3v) is 8.61. The number of hydrogen-bond acceptors (Lipinski definition) is 5. The van der Waals surface area contributed by atoms with Crippen LogP contribution in [0.3, 0.4) is 0 Å². The van der Waals surface area contributed by atoms with Crippen LogP contribution in [0.15, 0.2) is 91.0 Å². The summed E-state index contributed by atoms with van der Waals surface area (Å²) in [5, 5.41) is 5.19. The SMILES string of the molecule is COc1ccc(C(=O)[C@@H]2[C@H](C(C)=O)N3c4ccc5ccccc5c4C=C[C@H]3[C@@]23C(=O)Nc2ccccc23)cc1. The minimum Gasteiger partial charge on any atom is -0.497 e. The molecule has 1 spiro atoms. The van der Waals surface area contributed by atoms with Crippen molar-refractivity contribution in [1.29, 1.82) is 0 Å². The molecule has 0 aromatic heterocycles. The van der Waals surface area contributed by atoms with Gasteiger partial charge in [0.1, 0.15) is 11.2 Å². The molecule has 4 aromatic rings. The Labute approximate surface area is 225 Å². The Bertz CT molecular complexity index is 1720. The predicted molar refractivity (Wildman–Crippen MR) is 151 cm³/mol. The lowest BCUT2D eigenvalue weighted by Crippen LogP contribution is -2.51. The smallest absolute Gasteiger partial charge is 0.238 e. The van der Waals surface area contributed by atoms with Crippen LogP contribution in [0.4, 0.5) is 11.4 Å². The van der Waals surface area contributed by atoms with Crippen LogP contribution in [0.25, 0.3) is 16.8 Å². The number of anilines is 2. The van der Waals surface area contributed by atoms with Gasteiger partial charge in [-0.15, -0.1) is 0 Å². The van der Waals surface area contributed by atoms with Crippen LogP contribution in [-0.4, -0.2) is 36.7 Å². The van der Waals surface area contributed by atoms with Crippen LogP contribution in [0, 0.1) is 5.92 Å². The van der Waals surface area contributed by atoms with E-state index in [1.54, 1.807) is 31.4 Å². The summed E-state index contributed by atoms with van der Waals surface area (Å²) < 4.78 is 5.30. The first-order chi connectivity index (χ1) is 19.0. The highest BCUT2D eigenvalue weighted by Crippen LogP contribution is 2.58. The van der Waals surface area contributed by atoms with Crippen molar-refractivity contribution >= 4 is 45.7 Å². The van der Waals surface area contributed by atoms with E-state index in [0.717, 1.165) is 27.6 Å². The Kier molecular flexibility index (Phi) is 5.04. The van der Waals surface area contributed by atoms with E-state index >= 15 is 0 Å². The average Bonchev–Trinajstić information content (AvgIpc) is 3.45. The van der Waals surface area contributed by atoms with Gasteiger partial charge >= 0.3 is 0 Å². The molecule has 7 rings (SSSR count). The van der Waals surface area contributed by atoms with Gasteiger partial charge in [0.2, 0.25) is 5.91 Å². The number of hydrogen-bond donors (Lipinski definition) is 1. The summed E-state index contributed by atoms with van der Waals surface area (Å²) in [4.78, 5) is 44.4. The second-order valence-electron chi connectivity index (χ2n) is 10.4. The molecule has 0 unspecified atom stereocenters. The molecule has 1 amide bonds. The molecule has 3 heterocycles. The zero-order valence-electron chi connectivity index (χ0n) is 21.5. The number of Topliss-reactive ketones (excluding diaryl/α,β-unsaturated/α-hetero) is 2. The van der Waals surface area contributed by atoms with Crippen molar-refractivity contribution in [2.75, 3.05) is 17.3 Å². The number of benzene rings is 4. The van der Waals surface area contributed by atoms with E-state index in [1.165, 1.54) is 6.92 Å². The summed E-state index contributed by atoms with van der Waals surface area (Å²) in [5.41, 5.74) is 2.40. The number of nitrogens with zero attached hydrogens (tertiary/aromatic N) is 1. The maximum Gasteiger partial charge on any atom is 0.238 e. The van der Waals surface area contributed by atoms with Crippen molar-refractivity contribution in [1.82, 2.24) is 0 Å². The summed E-state index contributed by atoms with van der Waals surface area (Å²) in [6, 6.07) is 25.2. The maximum atomic E-state index is 14.5. The molecular weight excluding hydrogens is 488 g/mol. The van der Waals surface area contributed by atoms with Gasteiger partial charge in [-0.25, -0.2) is 0 Å². The zero-order chi connectivity index (χ0) is 26.9. The van der Waals surface area contributed by atoms with Crippen LogP contribution in [0.2, 0.25) is 0 Å². The van der Waals surface area contributed by atoms with Crippen LogP contribution in [0.1, 0.15) is 28.4 Å². The van der Waals surface area contributed by atoms with Crippen LogP contribution >= 0.6 is 0 Å². The number of rotatable bonds is 4. The topological polar surface area (TPSA) is 75.7 Å². The quantitative estimate of drug-likeness (QED) is 0.369. The Morgan fingerprint density at radius 3 is 2.44 bits per heavy atom. The Hall–Kier alpha value is -4.71. The fourth-order valence-electron chi connectivity index (χ4n) is 7.02. The Morgan fingerprint density at radius 1 is 0.923 bits per heavy atom. The number of nitrogens with one attached hydrogen (secondary N) is 1. The standard InChI is InChI=1S/C33H26N2O4/c1-19(36)30-29(31(37)21-11-14-22(39-2)15-12-21)33(25-9-5-6-10-26(25)34-32(33)38)28-18-16-24-23-8-4-3-7-20(23)13-17-27(24)35(28)30/h3-18,28-30H,1-2H3,(H,34,38)/t28-,29-,30-,33+/m0/s1. The molecule has 192 valence electrons. The minimum atomic E-state index is -1.29. The normalized spacial score (nSPS) is 24.3. The van der Waals surface area contributed by atoms with Crippen molar-refractivity contribution in [2.45, 2.75) is 24.4 Å². The number of methoxy groups -OCH3 is 1. The van der Waals surface area contributed by atoms with E-state index in [0.29, 0.717) is 17.0 Å². The van der Waals surface area contributed by atoms with E-state index in [2.05, 4.69) is 17.4 Å². The lowest BCUT2D eigenvalue weighted by atomic mass is 9.64. The van der Waals surface area contributed by atoms with Gasteiger partial charge in [0.25, 0.3) is 0 Å². The average molecular weight is 515 g/mol. The molecule has 1 saturated heterocycles. The molecule has 0 bridgehead atoms. The molecule has 0 aliphatic carbocycles. The lowest BCUT2D eigenvalue weighted by molar-refractivity contribution is -0.122. The fourth-order valence-corrected chi connectivity index (χ4v) is 7.02. The molecule has 3 aliphatic heterocycles. The van der Waals surface area contributed by atoms with Crippen LogP contribution in [0.5, 0.6) is 5.75 Å². The second-order valence-corrected chi connectivity index (χ2v) is 10.4. The Morgan fingerprint density at radius 2 is 1.67 bits per heavy atom. The number of fused-ring (bicyclic) bond motifs is 8. The highest BCUT2D eigenvalue weighted by molar-refractivity contribution is 6.17. The molecule has 6 heteroatoms. The van der Waals surface area contributed by atoms with E-state index in [1.807, 2.05) is 65.6 Å². The van der Waals surface area contributed by atoms with Gasteiger partial charge in [-0.1, -0.05) is 60.7 Å². The first kappa shape index (κ1) is 23.4. The molecule has 1 fully saturated rings. The monoisotopic (exact) mass is 514 g/mol. The third kappa shape index (κ3) is 3.05. The molecule has 0 radical (unpaired) electrons. The van der Waals surface area contributed by atoms with Crippen molar-refractivity contribution in [3.8, 4) is 5.75 Å². The lowest BCUT2D eigenvalue weighted by Gasteiger charge is -2.38. The highest BCUT2D eigenvalue weighted by Gasteiger charge is 2.69. The second kappa shape index (κ2) is 8.40. The fraction of sp³-hybridized carbons (Fsp3) is 0.182. The molecule has 3 aliphatic rings. The number of carbonyl (C=O) groups is 3. The first-order valence-electron chi connectivity index (χ1n) is 13.0. The van der Waals surface area contributed by atoms with E-state index in [-0.39, 0.29) is 17.5 Å². The van der Waals surface area contributed by atoms with Gasteiger partial charge in [0.15, 0.2) is 11.6 Å². The molecule has 39 heavy (non-hydrogen) atoms. The summed E-state index contributed by atoms with van der Waals surface area (Å²) >= 11 is 0. The van der Waals surface area contributed by atoms with Crippen LogP contribution < -0.4 is 15.0 Å². The molecule has 0 saturated carbocycles. The highest BCUT2D eigenvalue weighted by atomic mass is 16.5. The number of ether oxygens (including phenoxy) is 1. The maximum absolute atomic E-state index is 14.5. The van der Waals surface area contributed by atoms with Gasteiger partial charge in [0.05, 0.1) is 25.1 Å². The molecule has 4 aromatic carbocycles. The minimum absolute atomic E-state index is 0.157. The van der Waals surface area contributed by atoms with Gasteiger partial charge in [0, 0.05) is 22.5 Å². The summed E-state index contributed by atoms with van der Waals surface area (Å²) in [6.07, 6.45) is 4.06. The number of carbonyl (C=O) groups excluding carboxylic acids is 3.